The molecule has 2 rings (SSSR count). The first-order valence-electron chi connectivity index (χ1n) is 4.57. The zero-order chi connectivity index (χ0) is 6.97. The van der Waals surface area contributed by atoms with Crippen molar-refractivity contribution in [2.45, 2.75) is 38.1 Å². The molecule has 1 heteroatoms. The lowest BCUT2D eigenvalue weighted by Gasteiger charge is -2.12. The summed E-state index contributed by atoms with van der Waals surface area (Å²) in [5, 5.41) is 3.38. The first-order chi connectivity index (χ1) is 4.90. The summed E-state index contributed by atoms with van der Waals surface area (Å²) >= 11 is 0. The van der Waals surface area contributed by atoms with Gasteiger partial charge in [0.15, 0.2) is 0 Å². The van der Waals surface area contributed by atoms with Gasteiger partial charge in [-0.3, -0.25) is 0 Å². The molecule has 0 radical (unpaired) electrons. The molecule has 2 atom stereocenters. The van der Waals surface area contributed by atoms with Crippen LogP contribution in [-0.2, 0) is 0 Å². The van der Waals surface area contributed by atoms with E-state index in [0.29, 0.717) is 0 Å². The molecule has 0 amide bonds. The van der Waals surface area contributed by atoms with Crippen LogP contribution in [0, 0.1) is 11.8 Å². The Kier molecular flexibility index (Phi) is 1.69. The number of nitrogens with one attached hydrogen (secondary N) is 1. The molecule has 1 N–H and O–H groups in total. The molecule has 10 heavy (non-hydrogen) atoms. The molecule has 0 aromatic carbocycles. The molecule has 1 nitrogen and oxygen atoms in total. The summed E-state index contributed by atoms with van der Waals surface area (Å²) in [6.07, 6.45) is 7.40. The third-order valence-electron chi connectivity index (χ3n) is 3.25. The van der Waals surface area contributed by atoms with Crippen molar-refractivity contribution in [2.24, 2.45) is 11.8 Å². The standard InChI is InChI=1S/C9H17N/c1-10-9-4-2-7-6-8(7)3-5-9/h7-10H,2-6H2,1H3. The molecule has 2 fully saturated rings. The Balaban J connectivity index is 1.84. The van der Waals surface area contributed by atoms with Gasteiger partial charge in [-0.1, -0.05) is 0 Å². The summed E-state index contributed by atoms with van der Waals surface area (Å²) in [7, 11) is 2.10. The van der Waals surface area contributed by atoms with Crippen molar-refractivity contribution in [3.8, 4) is 0 Å². The molecule has 58 valence electrons. The second-order valence-corrected chi connectivity index (χ2v) is 3.90. The Labute approximate surface area is 63.2 Å². The SMILES string of the molecule is CNC1CCC2CC2CC1. The summed E-state index contributed by atoms with van der Waals surface area (Å²) in [6.45, 7) is 0. The highest BCUT2D eigenvalue weighted by Gasteiger charge is 2.38. The van der Waals surface area contributed by atoms with Crippen LogP contribution in [0.25, 0.3) is 0 Å². The summed E-state index contributed by atoms with van der Waals surface area (Å²) < 4.78 is 0. The third-order valence-corrected chi connectivity index (χ3v) is 3.25. The molecular weight excluding hydrogens is 122 g/mol. The fraction of sp³-hybridized carbons (Fsp3) is 1.00. The molecule has 0 bridgehead atoms. The maximum absolute atomic E-state index is 3.38. The predicted molar refractivity (Wildman–Crippen MR) is 42.9 cm³/mol. The van der Waals surface area contributed by atoms with Crippen LogP contribution in [0.15, 0.2) is 0 Å². The van der Waals surface area contributed by atoms with E-state index in [1.54, 1.807) is 6.42 Å². The van der Waals surface area contributed by atoms with Gasteiger partial charge in [-0.2, -0.15) is 0 Å². The molecule has 2 unspecified atom stereocenters. The molecule has 0 aliphatic heterocycles. The zero-order valence-corrected chi connectivity index (χ0v) is 6.77. The van der Waals surface area contributed by atoms with Crippen LogP contribution in [-0.4, -0.2) is 13.1 Å². The topological polar surface area (TPSA) is 12.0 Å². The van der Waals surface area contributed by atoms with Gasteiger partial charge in [0, 0.05) is 6.04 Å². The van der Waals surface area contributed by atoms with Crippen LogP contribution in [0.1, 0.15) is 32.1 Å². The smallest absolute Gasteiger partial charge is 0.00642 e. The van der Waals surface area contributed by atoms with Gasteiger partial charge in [0.05, 0.1) is 0 Å². The molecule has 2 aliphatic rings. The first kappa shape index (κ1) is 6.66. The third kappa shape index (κ3) is 1.20. The first-order valence-corrected chi connectivity index (χ1v) is 4.57. The molecule has 2 saturated carbocycles. The van der Waals surface area contributed by atoms with E-state index in [4.69, 9.17) is 0 Å². The molecule has 0 heterocycles. The average Bonchev–Trinajstić information content (AvgIpc) is 2.63. The lowest BCUT2D eigenvalue weighted by Crippen LogP contribution is -2.24. The molecular formula is C9H17N. The van der Waals surface area contributed by atoms with Gasteiger partial charge in [0.1, 0.15) is 0 Å². The van der Waals surface area contributed by atoms with Crippen molar-refractivity contribution in [1.29, 1.82) is 0 Å². The maximum Gasteiger partial charge on any atom is 0.00642 e. The van der Waals surface area contributed by atoms with Crippen LogP contribution in [0.2, 0.25) is 0 Å². The minimum absolute atomic E-state index is 0.841. The minimum Gasteiger partial charge on any atom is -0.317 e. The van der Waals surface area contributed by atoms with Gasteiger partial charge in [-0.05, 0) is 51.0 Å². The fourth-order valence-corrected chi connectivity index (χ4v) is 2.28. The predicted octanol–water partition coefficient (Wildman–Crippen LogP) is 1.78. The number of hydrogen-bond acceptors (Lipinski definition) is 1. The Morgan fingerprint density at radius 3 is 2.10 bits per heavy atom. The largest absolute Gasteiger partial charge is 0.317 e. The molecule has 0 saturated heterocycles. The molecule has 0 aromatic rings. The second kappa shape index (κ2) is 2.54. The van der Waals surface area contributed by atoms with Gasteiger partial charge in [-0.15, -0.1) is 0 Å². The van der Waals surface area contributed by atoms with E-state index < -0.39 is 0 Å². The molecule has 2 aliphatic carbocycles. The Morgan fingerprint density at radius 2 is 1.60 bits per heavy atom. The van der Waals surface area contributed by atoms with E-state index >= 15 is 0 Å². The van der Waals surface area contributed by atoms with Crippen molar-refractivity contribution >= 4 is 0 Å². The highest BCUT2D eigenvalue weighted by atomic mass is 14.9. The van der Waals surface area contributed by atoms with E-state index in [1.807, 2.05) is 0 Å². The summed E-state index contributed by atoms with van der Waals surface area (Å²) in [6, 6.07) is 0.841. The van der Waals surface area contributed by atoms with Crippen molar-refractivity contribution in [3.63, 3.8) is 0 Å². The van der Waals surface area contributed by atoms with E-state index in [1.165, 1.54) is 25.7 Å². The van der Waals surface area contributed by atoms with Crippen molar-refractivity contribution in [3.05, 3.63) is 0 Å². The van der Waals surface area contributed by atoms with E-state index in [0.717, 1.165) is 17.9 Å². The van der Waals surface area contributed by atoms with E-state index in [2.05, 4.69) is 12.4 Å². The van der Waals surface area contributed by atoms with Crippen LogP contribution in [0.3, 0.4) is 0 Å². The average molecular weight is 139 g/mol. The van der Waals surface area contributed by atoms with Crippen LogP contribution in [0.4, 0.5) is 0 Å². The molecule has 0 aromatic heterocycles. The van der Waals surface area contributed by atoms with E-state index in [-0.39, 0.29) is 0 Å². The van der Waals surface area contributed by atoms with Crippen LogP contribution >= 0.6 is 0 Å². The summed E-state index contributed by atoms with van der Waals surface area (Å²) in [5.41, 5.74) is 0. The lowest BCUT2D eigenvalue weighted by atomic mass is 10.1. The van der Waals surface area contributed by atoms with Crippen molar-refractivity contribution < 1.29 is 0 Å². The Bertz CT molecular complexity index is 110. The van der Waals surface area contributed by atoms with Gasteiger partial charge in [0.25, 0.3) is 0 Å². The monoisotopic (exact) mass is 139 g/mol. The van der Waals surface area contributed by atoms with Crippen molar-refractivity contribution in [1.82, 2.24) is 5.32 Å². The maximum atomic E-state index is 3.38. The normalized spacial score (nSPS) is 45.9. The highest BCUT2D eigenvalue weighted by Crippen LogP contribution is 2.47. The quantitative estimate of drug-likeness (QED) is 0.584. The Morgan fingerprint density at radius 1 is 1.00 bits per heavy atom. The Hall–Kier alpha value is -0.0400. The van der Waals surface area contributed by atoms with Crippen LogP contribution < -0.4 is 5.32 Å². The number of rotatable bonds is 1. The number of fused-ring (bicyclic) bond motifs is 1. The summed E-state index contributed by atoms with van der Waals surface area (Å²) in [5.74, 6) is 2.27. The van der Waals surface area contributed by atoms with Crippen LogP contribution in [0.5, 0.6) is 0 Å². The van der Waals surface area contributed by atoms with Crippen molar-refractivity contribution in [2.75, 3.05) is 7.05 Å². The number of hydrogen-bond donors (Lipinski definition) is 1. The van der Waals surface area contributed by atoms with Gasteiger partial charge in [0.2, 0.25) is 0 Å². The van der Waals surface area contributed by atoms with Gasteiger partial charge < -0.3 is 5.32 Å². The summed E-state index contributed by atoms with van der Waals surface area (Å²) in [4.78, 5) is 0. The van der Waals surface area contributed by atoms with Gasteiger partial charge >= 0.3 is 0 Å². The minimum atomic E-state index is 0.841. The molecule has 0 spiro atoms. The highest BCUT2D eigenvalue weighted by molar-refractivity contribution is 4.90. The second-order valence-electron chi connectivity index (χ2n) is 3.90. The van der Waals surface area contributed by atoms with E-state index in [9.17, 15) is 0 Å². The lowest BCUT2D eigenvalue weighted by molar-refractivity contribution is 0.477. The zero-order valence-electron chi connectivity index (χ0n) is 6.77. The fourth-order valence-electron chi connectivity index (χ4n) is 2.28. The van der Waals surface area contributed by atoms with Gasteiger partial charge in [-0.25, -0.2) is 0 Å².